The number of nitrogens with zero attached hydrogens (tertiary/aromatic N) is 2. The minimum atomic E-state index is 0.106. The Morgan fingerprint density at radius 1 is 1.13 bits per heavy atom. The summed E-state index contributed by atoms with van der Waals surface area (Å²) in [5.41, 5.74) is 0.698. The summed E-state index contributed by atoms with van der Waals surface area (Å²) >= 11 is 5.99. The van der Waals surface area contributed by atoms with E-state index in [0.717, 1.165) is 43.9 Å². The van der Waals surface area contributed by atoms with Crippen molar-refractivity contribution in [3.8, 4) is 0 Å². The topological polar surface area (TPSA) is 23.6 Å². The van der Waals surface area contributed by atoms with Crippen LogP contribution in [-0.2, 0) is 0 Å². The van der Waals surface area contributed by atoms with Crippen LogP contribution in [0.2, 0.25) is 5.02 Å². The first-order valence-corrected chi connectivity index (χ1v) is 9.02. The number of allylic oxidation sites excluding steroid dienone is 2. The van der Waals surface area contributed by atoms with Gasteiger partial charge in [0.25, 0.3) is 5.91 Å². The van der Waals surface area contributed by atoms with Crippen LogP contribution in [-0.4, -0.2) is 48.4 Å². The van der Waals surface area contributed by atoms with E-state index >= 15 is 0 Å². The van der Waals surface area contributed by atoms with E-state index in [-0.39, 0.29) is 5.91 Å². The lowest BCUT2D eigenvalue weighted by atomic mass is 9.93. The molecule has 0 radical (unpaired) electrons. The van der Waals surface area contributed by atoms with Gasteiger partial charge < -0.3 is 4.90 Å². The molecule has 0 N–H and O–H groups in total. The fourth-order valence-corrected chi connectivity index (χ4v) is 4.56. The van der Waals surface area contributed by atoms with Gasteiger partial charge in [-0.2, -0.15) is 0 Å². The molecule has 3 atom stereocenters. The zero-order valence-electron chi connectivity index (χ0n) is 13.3. The van der Waals surface area contributed by atoms with Gasteiger partial charge in [-0.15, -0.1) is 0 Å². The molecule has 3 aliphatic rings. The minimum absolute atomic E-state index is 0.106. The van der Waals surface area contributed by atoms with E-state index in [1.165, 1.54) is 19.4 Å². The van der Waals surface area contributed by atoms with E-state index in [2.05, 4.69) is 17.1 Å². The predicted octanol–water partition coefficient (Wildman–Crippen LogP) is 3.31. The second kappa shape index (κ2) is 6.29. The molecule has 0 aromatic heterocycles. The molecule has 0 unspecified atom stereocenters. The molecular weight excluding hydrogens is 308 g/mol. The zero-order valence-corrected chi connectivity index (χ0v) is 14.1. The second-order valence-electron chi connectivity index (χ2n) is 7.14. The van der Waals surface area contributed by atoms with Crippen molar-refractivity contribution in [3.05, 3.63) is 47.0 Å². The van der Waals surface area contributed by atoms with Gasteiger partial charge in [0.1, 0.15) is 0 Å². The first kappa shape index (κ1) is 15.2. The van der Waals surface area contributed by atoms with E-state index in [1.54, 1.807) is 12.1 Å². The number of amides is 1. The van der Waals surface area contributed by atoms with Gasteiger partial charge in [-0.3, -0.25) is 9.69 Å². The number of fused-ring (bicyclic) bond motifs is 2. The highest BCUT2D eigenvalue weighted by molar-refractivity contribution is 6.30. The van der Waals surface area contributed by atoms with Crippen molar-refractivity contribution in [2.24, 2.45) is 17.8 Å². The van der Waals surface area contributed by atoms with Gasteiger partial charge in [0.2, 0.25) is 0 Å². The third-order valence-electron chi connectivity index (χ3n) is 5.64. The summed E-state index contributed by atoms with van der Waals surface area (Å²) in [7, 11) is 0. The van der Waals surface area contributed by atoms with E-state index in [4.69, 9.17) is 11.6 Å². The lowest BCUT2D eigenvalue weighted by Crippen LogP contribution is -2.50. The van der Waals surface area contributed by atoms with Crippen LogP contribution in [0.15, 0.2) is 36.4 Å². The van der Waals surface area contributed by atoms with Crippen molar-refractivity contribution in [1.82, 2.24) is 9.80 Å². The van der Waals surface area contributed by atoms with Crippen LogP contribution in [0.3, 0.4) is 0 Å². The Balaban J connectivity index is 1.30. The first-order chi connectivity index (χ1) is 11.2. The number of benzene rings is 1. The molecule has 1 aromatic carbocycles. The SMILES string of the molecule is O=C(c1cccc(Cl)c1)N1CCN(C[C@@H]2C[C@@H]3C=C[C@@H]2C3)CC1. The highest BCUT2D eigenvalue weighted by Crippen LogP contribution is 2.43. The largest absolute Gasteiger partial charge is 0.336 e. The van der Waals surface area contributed by atoms with Gasteiger partial charge in [0.05, 0.1) is 0 Å². The Morgan fingerprint density at radius 3 is 2.61 bits per heavy atom. The summed E-state index contributed by atoms with van der Waals surface area (Å²) < 4.78 is 0. The lowest BCUT2D eigenvalue weighted by Gasteiger charge is -2.37. The third-order valence-corrected chi connectivity index (χ3v) is 5.88. The van der Waals surface area contributed by atoms with Crippen molar-refractivity contribution in [2.45, 2.75) is 12.8 Å². The predicted molar refractivity (Wildman–Crippen MR) is 92.6 cm³/mol. The molecular formula is C19H23ClN2O. The fourth-order valence-electron chi connectivity index (χ4n) is 4.37. The molecule has 122 valence electrons. The van der Waals surface area contributed by atoms with Gasteiger partial charge in [-0.25, -0.2) is 0 Å². The smallest absolute Gasteiger partial charge is 0.253 e. The number of carbonyl (C=O) groups excluding carboxylic acids is 1. The van der Waals surface area contributed by atoms with Gasteiger partial charge in [-0.05, 0) is 48.8 Å². The summed E-state index contributed by atoms with van der Waals surface area (Å²) in [6.45, 7) is 4.82. The molecule has 3 nitrogen and oxygen atoms in total. The Labute approximate surface area is 142 Å². The summed E-state index contributed by atoms with van der Waals surface area (Å²) in [5.74, 6) is 2.59. The van der Waals surface area contributed by atoms with Crippen LogP contribution in [0.5, 0.6) is 0 Å². The zero-order chi connectivity index (χ0) is 15.8. The maximum absolute atomic E-state index is 12.5. The van der Waals surface area contributed by atoms with Crippen LogP contribution >= 0.6 is 11.6 Å². The van der Waals surface area contributed by atoms with Crippen molar-refractivity contribution in [2.75, 3.05) is 32.7 Å². The summed E-state index contributed by atoms with van der Waals surface area (Å²) in [5, 5.41) is 0.624. The van der Waals surface area contributed by atoms with Crippen molar-refractivity contribution in [3.63, 3.8) is 0 Å². The number of carbonyl (C=O) groups is 1. The van der Waals surface area contributed by atoms with Crippen molar-refractivity contribution >= 4 is 17.5 Å². The number of hydrogen-bond acceptors (Lipinski definition) is 2. The van der Waals surface area contributed by atoms with E-state index < -0.39 is 0 Å². The molecule has 1 saturated carbocycles. The van der Waals surface area contributed by atoms with E-state index in [1.807, 2.05) is 17.0 Å². The monoisotopic (exact) mass is 330 g/mol. The molecule has 1 aromatic rings. The molecule has 4 rings (SSSR count). The molecule has 1 saturated heterocycles. The Morgan fingerprint density at radius 2 is 1.96 bits per heavy atom. The maximum atomic E-state index is 12.5. The van der Waals surface area contributed by atoms with Crippen molar-refractivity contribution < 1.29 is 4.79 Å². The molecule has 4 heteroatoms. The standard InChI is InChI=1S/C19H23ClN2O/c20-18-3-1-2-16(12-18)19(23)22-8-6-21(7-9-22)13-17-11-14-4-5-15(17)10-14/h1-5,12,14-15,17H,6-11,13H2/t14-,15-,17+/m1/s1. The quantitative estimate of drug-likeness (QED) is 0.794. The summed E-state index contributed by atoms with van der Waals surface area (Å²) in [6.07, 6.45) is 7.57. The minimum Gasteiger partial charge on any atom is -0.336 e. The molecule has 2 fully saturated rings. The van der Waals surface area contributed by atoms with Crippen molar-refractivity contribution in [1.29, 1.82) is 0 Å². The lowest BCUT2D eigenvalue weighted by molar-refractivity contribution is 0.0610. The maximum Gasteiger partial charge on any atom is 0.253 e. The van der Waals surface area contributed by atoms with Crippen LogP contribution in [0.4, 0.5) is 0 Å². The number of piperazine rings is 1. The summed E-state index contributed by atoms with van der Waals surface area (Å²) in [6, 6.07) is 7.26. The molecule has 2 bridgehead atoms. The normalized spacial score (nSPS) is 30.1. The van der Waals surface area contributed by atoms with Crippen LogP contribution < -0.4 is 0 Å². The van der Waals surface area contributed by atoms with Gasteiger partial charge >= 0.3 is 0 Å². The molecule has 23 heavy (non-hydrogen) atoms. The van der Waals surface area contributed by atoms with Crippen LogP contribution in [0.1, 0.15) is 23.2 Å². The Bertz CT molecular complexity index is 622. The number of halogens is 1. The van der Waals surface area contributed by atoms with E-state index in [0.29, 0.717) is 10.6 Å². The molecule has 1 amide bonds. The Kier molecular flexibility index (Phi) is 4.16. The Hall–Kier alpha value is -1.32. The highest BCUT2D eigenvalue weighted by atomic mass is 35.5. The van der Waals surface area contributed by atoms with Crippen LogP contribution in [0, 0.1) is 17.8 Å². The summed E-state index contributed by atoms with van der Waals surface area (Å²) in [4.78, 5) is 17.1. The van der Waals surface area contributed by atoms with Gasteiger partial charge in [0.15, 0.2) is 0 Å². The average Bonchev–Trinajstić information content (AvgIpc) is 3.18. The van der Waals surface area contributed by atoms with E-state index in [9.17, 15) is 4.79 Å². The first-order valence-electron chi connectivity index (χ1n) is 8.64. The highest BCUT2D eigenvalue weighted by Gasteiger charge is 2.36. The van der Waals surface area contributed by atoms with Gasteiger partial charge in [0, 0.05) is 43.3 Å². The number of hydrogen-bond donors (Lipinski definition) is 0. The fraction of sp³-hybridized carbons (Fsp3) is 0.526. The molecule has 1 heterocycles. The van der Waals surface area contributed by atoms with Gasteiger partial charge in [-0.1, -0.05) is 29.8 Å². The molecule has 2 aliphatic carbocycles. The molecule has 1 aliphatic heterocycles. The molecule has 0 spiro atoms. The third kappa shape index (κ3) is 3.17. The average molecular weight is 331 g/mol. The number of rotatable bonds is 3. The second-order valence-corrected chi connectivity index (χ2v) is 7.58. The van der Waals surface area contributed by atoms with Crippen LogP contribution in [0.25, 0.3) is 0 Å².